The first-order valence-electron chi connectivity index (χ1n) is 8.76. The number of hydrogen-bond acceptors (Lipinski definition) is 3. The molecule has 1 aliphatic heterocycles. The lowest BCUT2D eigenvalue weighted by Crippen LogP contribution is -2.48. The number of piperazine rings is 1. The van der Waals surface area contributed by atoms with Gasteiger partial charge in [-0.05, 0) is 29.7 Å². The number of hydrogen-bond donors (Lipinski definition) is 2. The first kappa shape index (κ1) is 20.7. The molecule has 0 spiro atoms. The predicted molar refractivity (Wildman–Crippen MR) is 110 cm³/mol. The molecule has 1 amide bonds. The molecule has 26 heavy (non-hydrogen) atoms. The zero-order valence-corrected chi connectivity index (χ0v) is 16.4. The molecule has 1 unspecified atom stereocenters. The number of rotatable bonds is 5. The van der Waals surface area contributed by atoms with Crippen molar-refractivity contribution in [3.05, 3.63) is 64.7 Å². The van der Waals surface area contributed by atoms with Crippen molar-refractivity contribution in [2.24, 2.45) is 0 Å². The lowest BCUT2D eigenvalue weighted by Gasteiger charge is -2.36. The minimum atomic E-state index is 0. The Kier molecular flexibility index (Phi) is 7.91. The summed E-state index contributed by atoms with van der Waals surface area (Å²) in [6.45, 7) is 4.94. The molecule has 1 saturated heterocycles. The lowest BCUT2D eigenvalue weighted by molar-refractivity contribution is -0.118. The van der Waals surface area contributed by atoms with Crippen molar-refractivity contribution >= 4 is 35.6 Å². The Labute approximate surface area is 166 Å². The summed E-state index contributed by atoms with van der Waals surface area (Å²) in [5.41, 5.74) is 3.12. The highest BCUT2D eigenvalue weighted by atomic mass is 35.5. The van der Waals surface area contributed by atoms with Crippen LogP contribution in [0.4, 0.5) is 5.69 Å². The van der Waals surface area contributed by atoms with Crippen LogP contribution in [-0.4, -0.2) is 37.0 Å². The van der Waals surface area contributed by atoms with Crippen molar-refractivity contribution in [3.8, 4) is 0 Å². The average Bonchev–Trinajstić information content (AvgIpc) is 2.63. The Morgan fingerprint density at radius 3 is 2.73 bits per heavy atom. The van der Waals surface area contributed by atoms with Gasteiger partial charge in [-0.1, -0.05) is 54.9 Å². The molecule has 0 aromatic heterocycles. The minimum Gasteiger partial charge on any atom is -0.325 e. The van der Waals surface area contributed by atoms with Gasteiger partial charge in [-0.2, -0.15) is 0 Å². The quantitative estimate of drug-likeness (QED) is 0.808. The lowest BCUT2D eigenvalue weighted by atomic mass is 10.0. The van der Waals surface area contributed by atoms with Crippen molar-refractivity contribution in [2.45, 2.75) is 19.4 Å². The standard InChI is InChI=1S/C20H24ClN3O.ClH/c1-2-15-7-3-6-10-18(15)23-20(25)14-24-12-11-22-13-19(24)16-8-4-5-9-17(16)21;/h3-10,19,22H,2,11-14H2,1H3,(H,23,25);1H. The topological polar surface area (TPSA) is 44.4 Å². The fraction of sp³-hybridized carbons (Fsp3) is 0.350. The number of nitrogens with zero attached hydrogens (tertiary/aromatic N) is 1. The summed E-state index contributed by atoms with van der Waals surface area (Å²) in [5.74, 6) is 0.0138. The molecule has 0 aliphatic carbocycles. The highest BCUT2D eigenvalue weighted by Gasteiger charge is 2.27. The van der Waals surface area contributed by atoms with Crippen LogP contribution in [-0.2, 0) is 11.2 Å². The fourth-order valence-corrected chi connectivity index (χ4v) is 3.57. The van der Waals surface area contributed by atoms with Crippen LogP contribution in [0.1, 0.15) is 24.1 Å². The molecule has 3 rings (SSSR count). The highest BCUT2D eigenvalue weighted by molar-refractivity contribution is 6.31. The van der Waals surface area contributed by atoms with Crippen LogP contribution in [0, 0.1) is 0 Å². The number of carbonyl (C=O) groups excluding carboxylic acids is 1. The van der Waals surface area contributed by atoms with E-state index in [-0.39, 0.29) is 24.4 Å². The Morgan fingerprint density at radius 1 is 1.23 bits per heavy atom. The first-order valence-corrected chi connectivity index (χ1v) is 9.13. The summed E-state index contributed by atoms with van der Waals surface area (Å²) in [6, 6.07) is 15.9. The van der Waals surface area contributed by atoms with Gasteiger partial charge in [0.15, 0.2) is 0 Å². The van der Waals surface area contributed by atoms with E-state index >= 15 is 0 Å². The molecular weight excluding hydrogens is 369 g/mol. The van der Waals surface area contributed by atoms with Crippen LogP contribution in [0.15, 0.2) is 48.5 Å². The molecule has 1 atom stereocenters. The molecule has 2 aromatic carbocycles. The van der Waals surface area contributed by atoms with E-state index in [2.05, 4.69) is 22.5 Å². The number of nitrogens with one attached hydrogen (secondary N) is 2. The molecule has 0 bridgehead atoms. The maximum Gasteiger partial charge on any atom is 0.238 e. The van der Waals surface area contributed by atoms with Gasteiger partial charge < -0.3 is 10.6 Å². The van der Waals surface area contributed by atoms with Crippen LogP contribution >= 0.6 is 24.0 Å². The maximum absolute atomic E-state index is 12.6. The van der Waals surface area contributed by atoms with Gasteiger partial charge in [-0.3, -0.25) is 9.69 Å². The molecule has 2 N–H and O–H groups in total. The molecule has 140 valence electrons. The molecule has 6 heteroatoms. The predicted octanol–water partition coefficient (Wildman–Crippen LogP) is 3.91. The fourth-order valence-electron chi connectivity index (χ4n) is 3.31. The van der Waals surface area contributed by atoms with E-state index in [0.29, 0.717) is 6.54 Å². The molecule has 1 heterocycles. The van der Waals surface area contributed by atoms with Gasteiger partial charge in [-0.25, -0.2) is 0 Å². The summed E-state index contributed by atoms with van der Waals surface area (Å²) >= 11 is 6.37. The summed E-state index contributed by atoms with van der Waals surface area (Å²) in [7, 11) is 0. The van der Waals surface area contributed by atoms with Crippen LogP contribution in [0.3, 0.4) is 0 Å². The second kappa shape index (κ2) is 9.93. The normalized spacial score (nSPS) is 17.4. The van der Waals surface area contributed by atoms with Gasteiger partial charge in [0.05, 0.1) is 6.54 Å². The van der Waals surface area contributed by atoms with Crippen LogP contribution in [0.25, 0.3) is 0 Å². The Morgan fingerprint density at radius 2 is 1.96 bits per heavy atom. The average molecular weight is 394 g/mol. The third kappa shape index (κ3) is 4.98. The van der Waals surface area contributed by atoms with E-state index in [1.54, 1.807) is 0 Å². The zero-order chi connectivity index (χ0) is 17.6. The minimum absolute atomic E-state index is 0. The third-order valence-corrected chi connectivity index (χ3v) is 4.98. The molecule has 0 saturated carbocycles. The largest absolute Gasteiger partial charge is 0.325 e. The van der Waals surface area contributed by atoms with Gasteiger partial charge in [0.2, 0.25) is 5.91 Å². The summed E-state index contributed by atoms with van der Waals surface area (Å²) < 4.78 is 0. The highest BCUT2D eigenvalue weighted by Crippen LogP contribution is 2.28. The van der Waals surface area contributed by atoms with Crippen molar-refractivity contribution in [3.63, 3.8) is 0 Å². The van der Waals surface area contributed by atoms with E-state index in [9.17, 15) is 4.79 Å². The Balaban J connectivity index is 0.00000243. The summed E-state index contributed by atoms with van der Waals surface area (Å²) in [4.78, 5) is 14.8. The number of carbonyl (C=O) groups is 1. The van der Waals surface area contributed by atoms with Crippen molar-refractivity contribution < 1.29 is 4.79 Å². The molecular formula is C20H25Cl2N3O. The number of benzene rings is 2. The van der Waals surface area contributed by atoms with Crippen molar-refractivity contribution in [2.75, 3.05) is 31.5 Å². The van der Waals surface area contributed by atoms with E-state index in [1.807, 2.05) is 48.5 Å². The van der Waals surface area contributed by atoms with Gasteiger partial charge in [0.1, 0.15) is 0 Å². The van der Waals surface area contributed by atoms with Crippen molar-refractivity contribution in [1.29, 1.82) is 0 Å². The number of para-hydroxylation sites is 1. The van der Waals surface area contributed by atoms with Crippen LogP contribution in [0.2, 0.25) is 5.02 Å². The summed E-state index contributed by atoms with van der Waals surface area (Å²) in [6.07, 6.45) is 0.895. The Bertz CT molecular complexity index is 739. The van der Waals surface area contributed by atoms with Gasteiger partial charge >= 0.3 is 0 Å². The number of amides is 1. The van der Waals surface area contributed by atoms with Gasteiger partial charge in [-0.15, -0.1) is 12.4 Å². The second-order valence-corrected chi connectivity index (χ2v) is 6.68. The first-order chi connectivity index (χ1) is 12.2. The van der Waals surface area contributed by atoms with Crippen LogP contribution < -0.4 is 10.6 Å². The summed E-state index contributed by atoms with van der Waals surface area (Å²) in [5, 5.41) is 7.21. The number of aryl methyl sites for hydroxylation is 1. The van der Waals surface area contributed by atoms with Gasteiger partial charge in [0.25, 0.3) is 0 Å². The van der Waals surface area contributed by atoms with Crippen molar-refractivity contribution in [1.82, 2.24) is 10.2 Å². The Hall–Kier alpha value is -1.59. The molecule has 1 fully saturated rings. The molecule has 0 radical (unpaired) electrons. The smallest absolute Gasteiger partial charge is 0.238 e. The van der Waals surface area contributed by atoms with E-state index in [4.69, 9.17) is 11.6 Å². The zero-order valence-electron chi connectivity index (χ0n) is 14.9. The molecule has 1 aliphatic rings. The maximum atomic E-state index is 12.6. The molecule has 4 nitrogen and oxygen atoms in total. The molecule has 2 aromatic rings. The monoisotopic (exact) mass is 393 g/mol. The van der Waals surface area contributed by atoms with E-state index in [1.165, 1.54) is 0 Å². The SMILES string of the molecule is CCc1ccccc1NC(=O)CN1CCNCC1c1ccccc1Cl.Cl. The number of halogens is 2. The van der Waals surface area contributed by atoms with Gasteiger partial charge in [0, 0.05) is 36.4 Å². The van der Waals surface area contributed by atoms with Crippen LogP contribution in [0.5, 0.6) is 0 Å². The van der Waals surface area contributed by atoms with E-state index < -0.39 is 0 Å². The second-order valence-electron chi connectivity index (χ2n) is 6.27. The van der Waals surface area contributed by atoms with E-state index in [0.717, 1.165) is 47.9 Å². The number of anilines is 1. The third-order valence-electron chi connectivity index (χ3n) is 4.64.